The average molecular weight is 293 g/mol. The van der Waals surface area contributed by atoms with Gasteiger partial charge in [-0.15, -0.1) is 0 Å². The average Bonchev–Trinajstić information content (AvgIpc) is 2.80. The van der Waals surface area contributed by atoms with Crippen LogP contribution in [0.5, 0.6) is 0 Å². The summed E-state index contributed by atoms with van der Waals surface area (Å²) in [6.07, 6.45) is -0.860. The van der Waals surface area contributed by atoms with Gasteiger partial charge in [-0.25, -0.2) is 5.14 Å². The highest BCUT2D eigenvalue weighted by atomic mass is 32.2. The Morgan fingerprint density at radius 3 is 2.78 bits per heavy atom. The Morgan fingerprint density at radius 2 is 2.22 bits per heavy atom. The van der Waals surface area contributed by atoms with Crippen LogP contribution in [0.25, 0.3) is 0 Å². The molecule has 0 saturated carbocycles. The van der Waals surface area contributed by atoms with E-state index in [9.17, 15) is 8.42 Å². The molecule has 0 bridgehead atoms. The molecule has 0 aliphatic carbocycles. The van der Waals surface area contributed by atoms with Gasteiger partial charge in [0.15, 0.2) is 5.79 Å². The first-order chi connectivity index (χ1) is 8.27. The van der Waals surface area contributed by atoms with Crippen LogP contribution in [0.15, 0.2) is 16.8 Å². The summed E-state index contributed by atoms with van der Waals surface area (Å²) in [6, 6.07) is 1.91. The lowest BCUT2D eigenvalue weighted by Crippen LogP contribution is -2.28. The van der Waals surface area contributed by atoms with E-state index in [-0.39, 0.29) is 12.7 Å². The Kier molecular flexibility index (Phi) is 3.77. The summed E-state index contributed by atoms with van der Waals surface area (Å²) in [6.45, 7) is 3.37. The Labute approximate surface area is 110 Å². The molecule has 2 rings (SSSR count). The zero-order valence-corrected chi connectivity index (χ0v) is 11.7. The highest BCUT2D eigenvalue weighted by molar-refractivity contribution is 7.84. The molecule has 2 atom stereocenters. The molecule has 2 heterocycles. The number of rotatable bonds is 4. The fourth-order valence-electron chi connectivity index (χ4n) is 1.84. The Balaban J connectivity index is 2.11. The molecule has 1 saturated heterocycles. The van der Waals surface area contributed by atoms with Crippen LogP contribution in [0, 0.1) is 0 Å². The molecule has 2 N–H and O–H groups in total. The van der Waals surface area contributed by atoms with Crippen LogP contribution in [0.1, 0.15) is 25.5 Å². The number of hydrogen-bond acceptors (Lipinski definition) is 6. The topological polar surface area (TPSA) is 87.9 Å². The SMILES string of the molecule is CC1(C)OC(COS(N)(=O)=O)C(c2ccsc2)O1. The third-order valence-corrected chi connectivity index (χ3v) is 3.62. The third kappa shape index (κ3) is 3.50. The van der Waals surface area contributed by atoms with Gasteiger partial charge in [-0.2, -0.15) is 19.8 Å². The van der Waals surface area contributed by atoms with Crippen LogP contribution in [0.4, 0.5) is 0 Å². The van der Waals surface area contributed by atoms with Gasteiger partial charge in [0, 0.05) is 0 Å². The summed E-state index contributed by atoms with van der Waals surface area (Å²) in [5.41, 5.74) is 0.939. The van der Waals surface area contributed by atoms with Gasteiger partial charge in [0.05, 0.1) is 6.61 Å². The van der Waals surface area contributed by atoms with Crippen molar-refractivity contribution < 1.29 is 22.1 Å². The molecule has 1 aromatic heterocycles. The summed E-state index contributed by atoms with van der Waals surface area (Å²) in [5.74, 6) is -0.779. The quantitative estimate of drug-likeness (QED) is 0.900. The maximum Gasteiger partial charge on any atom is 0.333 e. The van der Waals surface area contributed by atoms with E-state index in [1.807, 2.05) is 16.8 Å². The molecule has 6 nitrogen and oxygen atoms in total. The lowest BCUT2D eigenvalue weighted by atomic mass is 10.1. The van der Waals surface area contributed by atoms with E-state index >= 15 is 0 Å². The molecule has 102 valence electrons. The Hall–Kier alpha value is -0.510. The second-order valence-corrected chi connectivity index (χ2v) is 6.43. The van der Waals surface area contributed by atoms with Gasteiger partial charge in [0.2, 0.25) is 0 Å². The summed E-state index contributed by atoms with van der Waals surface area (Å²) in [5, 5.41) is 8.65. The van der Waals surface area contributed by atoms with Crippen molar-refractivity contribution in [3.8, 4) is 0 Å². The lowest BCUT2D eigenvalue weighted by molar-refractivity contribution is -0.148. The maximum atomic E-state index is 10.8. The first kappa shape index (κ1) is 13.9. The van der Waals surface area contributed by atoms with E-state index in [1.165, 1.54) is 11.3 Å². The van der Waals surface area contributed by atoms with Gasteiger partial charge in [-0.05, 0) is 36.2 Å². The van der Waals surface area contributed by atoms with Crippen molar-refractivity contribution in [3.63, 3.8) is 0 Å². The van der Waals surface area contributed by atoms with Crippen molar-refractivity contribution in [2.75, 3.05) is 6.61 Å². The minimum Gasteiger partial charge on any atom is -0.342 e. The number of nitrogens with two attached hydrogens (primary N) is 1. The first-order valence-electron chi connectivity index (χ1n) is 5.32. The molecule has 0 radical (unpaired) electrons. The van der Waals surface area contributed by atoms with Gasteiger partial charge >= 0.3 is 10.3 Å². The number of ether oxygens (including phenoxy) is 2. The molecule has 0 amide bonds. The van der Waals surface area contributed by atoms with Crippen LogP contribution >= 0.6 is 11.3 Å². The van der Waals surface area contributed by atoms with Crippen molar-refractivity contribution >= 4 is 21.6 Å². The van der Waals surface area contributed by atoms with Crippen LogP contribution in [0.2, 0.25) is 0 Å². The van der Waals surface area contributed by atoms with Gasteiger partial charge < -0.3 is 9.47 Å². The predicted molar refractivity (Wildman–Crippen MR) is 66.2 cm³/mol. The fourth-order valence-corrected chi connectivity index (χ4v) is 2.85. The first-order valence-corrected chi connectivity index (χ1v) is 7.73. The Bertz CT molecular complexity index is 496. The predicted octanol–water partition coefficient (Wildman–Crippen LogP) is 1.16. The van der Waals surface area contributed by atoms with E-state index in [2.05, 4.69) is 4.18 Å². The van der Waals surface area contributed by atoms with Crippen molar-refractivity contribution in [1.82, 2.24) is 0 Å². The van der Waals surface area contributed by atoms with Gasteiger partial charge in [-0.3, -0.25) is 4.18 Å². The van der Waals surface area contributed by atoms with E-state index in [0.717, 1.165) is 5.56 Å². The minimum atomic E-state index is -3.97. The fraction of sp³-hybridized carbons (Fsp3) is 0.600. The largest absolute Gasteiger partial charge is 0.342 e. The van der Waals surface area contributed by atoms with Gasteiger partial charge in [0.1, 0.15) is 12.2 Å². The van der Waals surface area contributed by atoms with Crippen molar-refractivity contribution in [2.24, 2.45) is 5.14 Å². The summed E-state index contributed by atoms with van der Waals surface area (Å²) >= 11 is 1.53. The molecular weight excluding hydrogens is 278 g/mol. The van der Waals surface area contributed by atoms with Gasteiger partial charge in [-0.1, -0.05) is 0 Å². The molecule has 1 aliphatic rings. The zero-order chi connectivity index (χ0) is 13.4. The maximum absolute atomic E-state index is 10.8. The monoisotopic (exact) mass is 293 g/mol. The van der Waals surface area contributed by atoms with E-state index in [1.54, 1.807) is 13.8 Å². The molecule has 2 unspecified atom stereocenters. The van der Waals surface area contributed by atoms with Crippen LogP contribution < -0.4 is 5.14 Å². The molecule has 8 heteroatoms. The summed E-state index contributed by atoms with van der Waals surface area (Å²) in [7, 11) is -3.97. The number of thiophene rings is 1. The van der Waals surface area contributed by atoms with E-state index in [4.69, 9.17) is 14.6 Å². The highest BCUT2D eigenvalue weighted by Crippen LogP contribution is 2.39. The smallest absolute Gasteiger partial charge is 0.333 e. The van der Waals surface area contributed by atoms with Crippen LogP contribution in [0.3, 0.4) is 0 Å². The molecule has 18 heavy (non-hydrogen) atoms. The molecule has 1 fully saturated rings. The highest BCUT2D eigenvalue weighted by Gasteiger charge is 2.42. The van der Waals surface area contributed by atoms with E-state index < -0.39 is 22.2 Å². The van der Waals surface area contributed by atoms with Gasteiger partial charge in [0.25, 0.3) is 0 Å². The second-order valence-electron chi connectivity index (χ2n) is 4.43. The van der Waals surface area contributed by atoms with E-state index in [0.29, 0.717) is 0 Å². The third-order valence-electron chi connectivity index (χ3n) is 2.45. The standard InChI is InChI=1S/C10H15NO5S2/c1-10(2)15-8(5-14-18(11,12)13)9(16-10)7-3-4-17-6-7/h3-4,6,8-9H,5H2,1-2H3,(H2,11,12,13). The molecule has 0 spiro atoms. The lowest BCUT2D eigenvalue weighted by Gasteiger charge is -2.16. The zero-order valence-electron chi connectivity index (χ0n) is 10.0. The summed E-state index contributed by atoms with van der Waals surface area (Å²) in [4.78, 5) is 0. The molecular formula is C10H15NO5S2. The van der Waals surface area contributed by atoms with Crippen molar-refractivity contribution in [3.05, 3.63) is 22.4 Å². The minimum absolute atomic E-state index is 0.164. The normalized spacial score (nSPS) is 27.5. The summed E-state index contributed by atoms with van der Waals surface area (Å²) < 4.78 is 37.5. The number of hydrogen-bond donors (Lipinski definition) is 1. The van der Waals surface area contributed by atoms with Crippen molar-refractivity contribution in [1.29, 1.82) is 0 Å². The Morgan fingerprint density at radius 1 is 1.50 bits per heavy atom. The molecule has 0 aromatic carbocycles. The van der Waals surface area contributed by atoms with Crippen LogP contribution in [-0.4, -0.2) is 26.9 Å². The molecule has 1 aliphatic heterocycles. The van der Waals surface area contributed by atoms with Crippen molar-refractivity contribution in [2.45, 2.75) is 31.8 Å². The van der Waals surface area contributed by atoms with Crippen LogP contribution in [-0.2, 0) is 24.0 Å². The molecule has 1 aromatic rings. The second kappa shape index (κ2) is 4.87.